The fourth-order valence-corrected chi connectivity index (χ4v) is 3.08. The number of nitrogen functional groups attached to an aromatic ring is 1. The van der Waals surface area contributed by atoms with E-state index in [4.69, 9.17) is 15.6 Å². The van der Waals surface area contributed by atoms with Gasteiger partial charge in [-0.25, -0.2) is 4.79 Å². The van der Waals surface area contributed by atoms with Crippen molar-refractivity contribution in [3.63, 3.8) is 0 Å². The molecule has 0 spiro atoms. The van der Waals surface area contributed by atoms with Crippen LogP contribution in [0.15, 0.2) is 65.1 Å². The number of aromatic carboxylic acids is 1. The number of hydrogen-bond donors (Lipinski definition) is 3. The molecule has 0 unspecified atom stereocenters. The average Bonchev–Trinajstić information content (AvgIpc) is 2.67. The first kappa shape index (κ1) is 18.2. The number of rotatable bonds is 2. The Hall–Kier alpha value is -3.60. The van der Waals surface area contributed by atoms with E-state index in [-0.39, 0.29) is 5.56 Å². The van der Waals surface area contributed by atoms with E-state index >= 15 is 0 Å². The fraction of sp³-hybridized carbons (Fsp3) is 0.0909. The van der Waals surface area contributed by atoms with Gasteiger partial charge in [-0.15, -0.1) is 0 Å². The quantitative estimate of drug-likeness (QED) is 0.346. The number of benzene rings is 3. The van der Waals surface area contributed by atoms with Crippen molar-refractivity contribution in [3.05, 3.63) is 71.6 Å². The van der Waals surface area contributed by atoms with Crippen molar-refractivity contribution >= 4 is 22.6 Å². The van der Waals surface area contributed by atoms with Crippen molar-refractivity contribution < 1.29 is 14.3 Å². The highest BCUT2D eigenvalue weighted by atomic mass is 16.4. The summed E-state index contributed by atoms with van der Waals surface area (Å²) >= 11 is 0. The van der Waals surface area contributed by atoms with Gasteiger partial charge in [0.1, 0.15) is 11.3 Å². The van der Waals surface area contributed by atoms with Crippen molar-refractivity contribution in [2.75, 3.05) is 5.73 Å². The highest BCUT2D eigenvalue weighted by Crippen LogP contribution is 2.41. The Morgan fingerprint density at radius 2 is 1.74 bits per heavy atom. The summed E-state index contributed by atoms with van der Waals surface area (Å²) in [7, 11) is 0. The summed E-state index contributed by atoms with van der Waals surface area (Å²) in [4.78, 5) is 11.7. The molecule has 0 amide bonds. The molecule has 136 valence electrons. The lowest BCUT2D eigenvalue weighted by molar-refractivity contribution is 0.0697. The molecule has 0 fully saturated rings. The normalized spacial score (nSPS) is 10.4. The minimum atomic E-state index is -0.995. The number of nitrogens with two attached hydrogens (primary N) is 1. The molecular formula is C22H20N2O3. The van der Waals surface area contributed by atoms with Crippen LogP contribution in [0.4, 0.5) is 5.69 Å². The summed E-state index contributed by atoms with van der Waals surface area (Å²) in [5.41, 5.74) is 9.30. The first-order valence-corrected chi connectivity index (χ1v) is 8.68. The third-order valence-corrected chi connectivity index (χ3v) is 4.17. The summed E-state index contributed by atoms with van der Waals surface area (Å²) in [6, 6.07) is 17.2. The van der Waals surface area contributed by atoms with Gasteiger partial charge < -0.3 is 20.7 Å². The lowest BCUT2D eigenvalue weighted by atomic mass is 9.91. The molecule has 0 bridgehead atoms. The number of carboxylic acid groups (broad SMARTS) is 1. The van der Waals surface area contributed by atoms with E-state index in [9.17, 15) is 9.90 Å². The van der Waals surface area contributed by atoms with Crippen LogP contribution in [0, 0.1) is 5.41 Å². The molecular weight excluding hydrogens is 340 g/mol. The van der Waals surface area contributed by atoms with Gasteiger partial charge >= 0.3 is 5.97 Å². The number of hydrogen-bond acceptors (Lipinski definition) is 4. The minimum Gasteiger partial charge on any atom is -0.478 e. The van der Waals surface area contributed by atoms with E-state index in [0.717, 1.165) is 16.5 Å². The van der Waals surface area contributed by atoms with Crippen LogP contribution in [0.3, 0.4) is 0 Å². The molecule has 1 heterocycles. The monoisotopic (exact) mass is 360 g/mol. The molecule has 0 saturated heterocycles. The molecule has 0 aromatic heterocycles. The zero-order chi connectivity index (χ0) is 19.6. The van der Waals surface area contributed by atoms with E-state index in [2.05, 4.69) is 0 Å². The zero-order valence-corrected chi connectivity index (χ0v) is 15.1. The van der Waals surface area contributed by atoms with Crippen molar-refractivity contribution in [3.8, 4) is 22.5 Å². The molecule has 5 nitrogen and oxygen atoms in total. The van der Waals surface area contributed by atoms with Crippen molar-refractivity contribution in [1.29, 1.82) is 5.41 Å². The molecule has 4 rings (SSSR count). The third-order valence-electron chi connectivity index (χ3n) is 4.17. The van der Waals surface area contributed by atoms with E-state index in [0.29, 0.717) is 28.0 Å². The number of carboxylic acids is 1. The van der Waals surface area contributed by atoms with Crippen molar-refractivity contribution in [2.24, 2.45) is 0 Å². The molecule has 1 aliphatic heterocycles. The van der Waals surface area contributed by atoms with Gasteiger partial charge in [0.05, 0.1) is 10.9 Å². The van der Waals surface area contributed by atoms with Crippen LogP contribution in [-0.4, -0.2) is 11.1 Å². The molecule has 0 atom stereocenters. The summed E-state index contributed by atoms with van der Waals surface area (Å²) in [6.45, 7) is 4.00. The zero-order valence-electron chi connectivity index (χ0n) is 15.1. The van der Waals surface area contributed by atoms with E-state index < -0.39 is 5.97 Å². The lowest BCUT2D eigenvalue weighted by Gasteiger charge is -2.16. The smallest absolute Gasteiger partial charge is 0.336 e. The van der Waals surface area contributed by atoms with Gasteiger partial charge in [0.25, 0.3) is 0 Å². The largest absolute Gasteiger partial charge is 0.478 e. The Bertz CT molecular complexity index is 1160. The Labute approximate surface area is 156 Å². The van der Waals surface area contributed by atoms with Gasteiger partial charge in [-0.1, -0.05) is 32.0 Å². The fourth-order valence-electron chi connectivity index (χ4n) is 3.08. The predicted octanol–water partition coefficient (Wildman–Crippen LogP) is 4.99. The predicted molar refractivity (Wildman–Crippen MR) is 107 cm³/mol. The summed E-state index contributed by atoms with van der Waals surface area (Å²) in [6.07, 6.45) is 0. The molecule has 0 radical (unpaired) electrons. The number of nitrogens with one attached hydrogen (secondary N) is 1. The summed E-state index contributed by atoms with van der Waals surface area (Å²) in [5, 5.41) is 18.5. The van der Waals surface area contributed by atoms with Crippen LogP contribution < -0.4 is 11.1 Å². The van der Waals surface area contributed by atoms with Gasteiger partial charge in [0, 0.05) is 34.3 Å². The van der Waals surface area contributed by atoms with Crippen LogP contribution in [-0.2, 0) is 0 Å². The first-order valence-electron chi connectivity index (χ1n) is 8.68. The molecule has 5 heteroatoms. The second kappa shape index (κ2) is 7.33. The minimum absolute atomic E-state index is 0.211. The molecule has 2 aliphatic rings. The summed E-state index contributed by atoms with van der Waals surface area (Å²) in [5.74, 6) is -0.481. The molecule has 4 N–H and O–H groups in total. The van der Waals surface area contributed by atoms with Crippen LogP contribution in [0.2, 0.25) is 0 Å². The van der Waals surface area contributed by atoms with E-state index in [1.165, 1.54) is 0 Å². The first-order chi connectivity index (χ1) is 13.0. The second-order valence-corrected chi connectivity index (χ2v) is 5.79. The SMILES string of the molecule is CC.N=c1ccc2c(-c3ccccc3C(=O)O)c3ccc(N)cc3oc-2c1. The maximum atomic E-state index is 11.7. The van der Waals surface area contributed by atoms with Crippen LogP contribution >= 0.6 is 0 Å². The molecule has 2 aromatic carbocycles. The van der Waals surface area contributed by atoms with Gasteiger partial charge in [-0.3, -0.25) is 0 Å². The maximum Gasteiger partial charge on any atom is 0.336 e. The highest BCUT2D eigenvalue weighted by Gasteiger charge is 2.20. The van der Waals surface area contributed by atoms with Crippen LogP contribution in [0.1, 0.15) is 24.2 Å². The molecule has 1 aliphatic carbocycles. The second-order valence-electron chi connectivity index (χ2n) is 5.79. The van der Waals surface area contributed by atoms with Crippen molar-refractivity contribution in [1.82, 2.24) is 0 Å². The van der Waals surface area contributed by atoms with E-state index in [1.54, 1.807) is 54.6 Å². The van der Waals surface area contributed by atoms with Gasteiger partial charge in [-0.05, 0) is 35.9 Å². The standard InChI is InChI=1S/C20H14N2O3.C2H6/c21-11-5-7-15-17(9-11)25-18-10-12(22)6-8-16(18)19(15)13-3-1-2-4-14(13)20(23)24;1-2/h1-10,21H,22H2,(H,23,24);1-2H3. The topological polar surface area (TPSA) is 100 Å². The average molecular weight is 360 g/mol. The Balaban J connectivity index is 0.00000102. The van der Waals surface area contributed by atoms with Crippen LogP contribution in [0.5, 0.6) is 0 Å². The van der Waals surface area contributed by atoms with Gasteiger partial charge in [0.2, 0.25) is 0 Å². The highest BCUT2D eigenvalue weighted by molar-refractivity contribution is 6.07. The molecule has 0 saturated carbocycles. The van der Waals surface area contributed by atoms with Gasteiger partial charge in [0.15, 0.2) is 0 Å². The third kappa shape index (κ3) is 3.27. The number of fused-ring (bicyclic) bond motifs is 2. The Morgan fingerprint density at radius 3 is 2.48 bits per heavy atom. The molecule has 2 aromatic rings. The van der Waals surface area contributed by atoms with E-state index in [1.807, 2.05) is 19.9 Å². The van der Waals surface area contributed by atoms with Crippen LogP contribution in [0.25, 0.3) is 33.4 Å². The van der Waals surface area contributed by atoms with Gasteiger partial charge in [-0.2, -0.15) is 0 Å². The Morgan fingerprint density at radius 1 is 1.00 bits per heavy atom. The summed E-state index contributed by atoms with van der Waals surface area (Å²) < 4.78 is 5.92. The maximum absolute atomic E-state index is 11.7. The van der Waals surface area contributed by atoms with Crippen molar-refractivity contribution in [2.45, 2.75) is 13.8 Å². The lowest BCUT2D eigenvalue weighted by Crippen LogP contribution is -2.03. The number of carbonyl (C=O) groups is 1. The Kier molecular flexibility index (Phi) is 4.94. The number of anilines is 1. The molecule has 27 heavy (non-hydrogen) atoms.